The van der Waals surface area contributed by atoms with E-state index in [1.54, 1.807) is 0 Å². The van der Waals surface area contributed by atoms with Crippen LogP contribution in [0.1, 0.15) is 65.7 Å². The molecule has 9 atom stereocenters. The summed E-state index contributed by atoms with van der Waals surface area (Å²) in [6.07, 6.45) is 3.70. The predicted molar refractivity (Wildman–Crippen MR) is 95.1 cm³/mol. The summed E-state index contributed by atoms with van der Waals surface area (Å²) < 4.78 is 5.71. The second-order valence-electron chi connectivity index (χ2n) is 9.81. The molecule has 5 heteroatoms. The van der Waals surface area contributed by atoms with Gasteiger partial charge in [-0.2, -0.15) is 0 Å². The molecule has 4 aliphatic rings. The minimum absolute atomic E-state index is 0.158. The minimum atomic E-state index is -0.849. The van der Waals surface area contributed by atoms with Crippen molar-refractivity contribution < 1.29 is 24.5 Å². The van der Waals surface area contributed by atoms with Crippen LogP contribution < -0.4 is 0 Å². The first-order valence-corrected chi connectivity index (χ1v) is 10.2. The first-order chi connectivity index (χ1) is 12.2. The van der Waals surface area contributed by atoms with E-state index in [-0.39, 0.29) is 28.8 Å². The van der Waals surface area contributed by atoms with Crippen molar-refractivity contribution in [2.75, 3.05) is 0 Å². The van der Waals surface area contributed by atoms with E-state index in [0.717, 1.165) is 25.7 Å². The number of fused-ring (bicyclic) bond motifs is 5. The van der Waals surface area contributed by atoms with Gasteiger partial charge in [-0.25, -0.2) is 0 Å². The van der Waals surface area contributed by atoms with Gasteiger partial charge in [-0.3, -0.25) is 9.59 Å². The molecule has 4 rings (SSSR count). The van der Waals surface area contributed by atoms with E-state index >= 15 is 0 Å². The maximum atomic E-state index is 12.6. The Balaban J connectivity index is 1.73. The molecule has 0 bridgehead atoms. The van der Waals surface area contributed by atoms with Crippen LogP contribution >= 0.6 is 0 Å². The maximum absolute atomic E-state index is 12.6. The number of ether oxygens (including phenoxy) is 1. The molecule has 0 saturated heterocycles. The third-order valence-corrected chi connectivity index (χ3v) is 8.72. The Morgan fingerprint density at radius 1 is 1.12 bits per heavy atom. The first-order valence-electron chi connectivity index (χ1n) is 10.2. The number of aliphatic hydroxyl groups is 2. The normalized spacial score (nSPS) is 53.4. The number of Topliss-reactive ketones (excluding diaryl/α,β-unsaturated/α-hetero) is 1. The van der Waals surface area contributed by atoms with Crippen molar-refractivity contribution in [1.82, 2.24) is 0 Å². The van der Waals surface area contributed by atoms with E-state index in [2.05, 4.69) is 13.8 Å². The summed E-state index contributed by atoms with van der Waals surface area (Å²) in [5.74, 6) is 0.977. The largest absolute Gasteiger partial charge is 0.462 e. The van der Waals surface area contributed by atoms with Crippen molar-refractivity contribution >= 4 is 11.8 Å². The average molecular weight is 364 g/mol. The Labute approximate surface area is 155 Å². The summed E-state index contributed by atoms with van der Waals surface area (Å²) in [7, 11) is 0. The summed E-state index contributed by atoms with van der Waals surface area (Å²) in [6.45, 7) is 5.77. The molecule has 4 saturated carbocycles. The quantitative estimate of drug-likeness (QED) is 0.698. The van der Waals surface area contributed by atoms with Crippen LogP contribution in [0, 0.1) is 34.5 Å². The lowest BCUT2D eigenvalue weighted by Gasteiger charge is -2.62. The number of aliphatic hydroxyl groups excluding tert-OH is 2. The molecule has 26 heavy (non-hydrogen) atoms. The van der Waals surface area contributed by atoms with Crippen LogP contribution in [0.5, 0.6) is 0 Å². The first kappa shape index (κ1) is 18.4. The molecule has 0 aromatic rings. The van der Waals surface area contributed by atoms with E-state index in [9.17, 15) is 19.8 Å². The fourth-order valence-electron chi connectivity index (χ4n) is 7.46. The second kappa shape index (κ2) is 6.03. The number of ketones is 1. The number of esters is 1. The van der Waals surface area contributed by atoms with Crippen molar-refractivity contribution in [3.63, 3.8) is 0 Å². The van der Waals surface area contributed by atoms with Crippen LogP contribution in [0.15, 0.2) is 0 Å². The average Bonchev–Trinajstić information content (AvgIpc) is 2.86. The second-order valence-corrected chi connectivity index (χ2v) is 9.81. The Morgan fingerprint density at radius 2 is 1.85 bits per heavy atom. The van der Waals surface area contributed by atoms with Gasteiger partial charge < -0.3 is 14.9 Å². The molecule has 0 amide bonds. The summed E-state index contributed by atoms with van der Waals surface area (Å²) in [4.78, 5) is 24.3. The molecule has 0 aliphatic heterocycles. The number of carbonyl (C=O) groups is 2. The van der Waals surface area contributed by atoms with Crippen molar-refractivity contribution in [1.29, 1.82) is 0 Å². The molecule has 0 radical (unpaired) electrons. The van der Waals surface area contributed by atoms with E-state index in [1.807, 2.05) is 0 Å². The molecule has 5 nitrogen and oxygen atoms in total. The van der Waals surface area contributed by atoms with Gasteiger partial charge >= 0.3 is 5.97 Å². The molecule has 0 aromatic heterocycles. The van der Waals surface area contributed by atoms with E-state index in [4.69, 9.17) is 4.74 Å². The topological polar surface area (TPSA) is 83.8 Å². The van der Waals surface area contributed by atoms with Crippen molar-refractivity contribution in [2.24, 2.45) is 34.5 Å². The molecule has 0 aromatic carbocycles. The third-order valence-electron chi connectivity index (χ3n) is 8.72. The van der Waals surface area contributed by atoms with Crippen LogP contribution in [0.2, 0.25) is 0 Å². The lowest BCUT2D eigenvalue weighted by Crippen LogP contribution is -2.63. The van der Waals surface area contributed by atoms with E-state index in [0.29, 0.717) is 42.8 Å². The molecule has 4 fully saturated rings. The third kappa shape index (κ3) is 2.42. The minimum Gasteiger partial charge on any atom is -0.462 e. The molecule has 2 N–H and O–H groups in total. The molecule has 4 aliphatic carbocycles. The lowest BCUT2D eigenvalue weighted by atomic mass is 9.44. The van der Waals surface area contributed by atoms with Crippen molar-refractivity contribution in [2.45, 2.75) is 84.0 Å². The molecular formula is C21H32O5. The molecule has 146 valence electrons. The highest BCUT2D eigenvalue weighted by molar-refractivity contribution is 5.87. The van der Waals surface area contributed by atoms with Crippen molar-refractivity contribution in [3.8, 4) is 0 Å². The molecule has 2 unspecified atom stereocenters. The van der Waals surface area contributed by atoms with Crippen LogP contribution in [0.4, 0.5) is 0 Å². The molecular weight excluding hydrogens is 332 g/mol. The fraction of sp³-hybridized carbons (Fsp3) is 0.905. The van der Waals surface area contributed by atoms with Gasteiger partial charge in [0.25, 0.3) is 0 Å². The van der Waals surface area contributed by atoms with Gasteiger partial charge in [0.2, 0.25) is 0 Å². The standard InChI is InChI=1S/C21H32O5/c1-11(22)26-16-10-12-13-4-5-17(24)20(13,2)8-6-14(12)21(3)9-7-15(23)19(25)18(16)21/h12-16,18-19,23,25H,4-10H2,1-3H3/t12-,13-,14-,15-,16?,18-,19?,20-,21+/m0/s1. The zero-order valence-electron chi connectivity index (χ0n) is 16.1. The van der Waals surface area contributed by atoms with Gasteiger partial charge in [0.1, 0.15) is 11.9 Å². The Hall–Kier alpha value is -0.940. The number of carbonyl (C=O) groups excluding carboxylic acids is 2. The van der Waals surface area contributed by atoms with E-state index in [1.165, 1.54) is 6.92 Å². The van der Waals surface area contributed by atoms with Crippen LogP contribution in [-0.4, -0.2) is 40.3 Å². The maximum Gasteiger partial charge on any atom is 0.302 e. The smallest absolute Gasteiger partial charge is 0.302 e. The summed E-state index contributed by atoms with van der Waals surface area (Å²) in [6, 6.07) is 0. The van der Waals surface area contributed by atoms with Crippen LogP contribution in [0.3, 0.4) is 0 Å². The zero-order valence-corrected chi connectivity index (χ0v) is 16.1. The van der Waals surface area contributed by atoms with E-state index < -0.39 is 12.2 Å². The Bertz CT molecular complexity index is 618. The van der Waals surface area contributed by atoms with Crippen LogP contribution in [0.25, 0.3) is 0 Å². The summed E-state index contributed by atoms with van der Waals surface area (Å²) in [5.41, 5.74) is -0.382. The van der Waals surface area contributed by atoms with Crippen molar-refractivity contribution in [3.05, 3.63) is 0 Å². The predicted octanol–water partition coefficient (Wildman–Crippen LogP) is 2.47. The summed E-state index contributed by atoms with van der Waals surface area (Å²) in [5, 5.41) is 21.1. The zero-order chi connectivity index (χ0) is 18.9. The lowest BCUT2D eigenvalue weighted by molar-refractivity contribution is -0.220. The Morgan fingerprint density at radius 3 is 2.54 bits per heavy atom. The van der Waals surface area contributed by atoms with Crippen LogP contribution in [-0.2, 0) is 14.3 Å². The highest BCUT2D eigenvalue weighted by Gasteiger charge is 2.64. The van der Waals surface area contributed by atoms with Gasteiger partial charge in [0.05, 0.1) is 12.2 Å². The SMILES string of the molecule is CC(=O)OC1C[C@@H]2[C@H](CC[C@]3(C)C(=O)CC[C@@H]23)[C@@]2(C)CC[C@H](O)C(O)[C@H]12. The van der Waals surface area contributed by atoms with Gasteiger partial charge in [0.15, 0.2) is 0 Å². The van der Waals surface area contributed by atoms with Gasteiger partial charge in [0, 0.05) is 24.7 Å². The fourth-order valence-corrected chi connectivity index (χ4v) is 7.46. The summed E-state index contributed by atoms with van der Waals surface area (Å²) >= 11 is 0. The van der Waals surface area contributed by atoms with Gasteiger partial charge in [-0.15, -0.1) is 0 Å². The monoisotopic (exact) mass is 364 g/mol. The number of rotatable bonds is 1. The highest BCUT2D eigenvalue weighted by atomic mass is 16.5. The number of hydrogen-bond donors (Lipinski definition) is 2. The Kier molecular flexibility index (Phi) is 4.27. The number of hydrogen-bond acceptors (Lipinski definition) is 5. The van der Waals surface area contributed by atoms with Gasteiger partial charge in [-0.1, -0.05) is 13.8 Å². The molecule has 0 heterocycles. The highest BCUT2D eigenvalue weighted by Crippen LogP contribution is 2.65. The molecule has 0 spiro atoms. The van der Waals surface area contributed by atoms with Gasteiger partial charge in [-0.05, 0) is 61.7 Å².